The first-order valence-corrected chi connectivity index (χ1v) is 13.9. The summed E-state index contributed by atoms with van der Waals surface area (Å²) in [6.45, 7) is 22.0. The second kappa shape index (κ2) is 12.5. The van der Waals surface area contributed by atoms with Crippen LogP contribution in [0.3, 0.4) is 0 Å². The van der Waals surface area contributed by atoms with Crippen LogP contribution in [0.15, 0.2) is 0 Å². The second-order valence-corrected chi connectivity index (χ2v) is 14.5. The maximum atomic E-state index is 13.7. The molecule has 4 N–H and O–H groups in total. The van der Waals surface area contributed by atoms with Gasteiger partial charge in [-0.05, 0) is 53.3 Å². The van der Waals surface area contributed by atoms with Crippen molar-refractivity contribution < 1.29 is 34.8 Å². The lowest BCUT2D eigenvalue weighted by molar-refractivity contribution is -0.256. The Hall–Kier alpha value is -1.63. The molecule has 218 valence electrons. The largest absolute Gasteiger partial charge is 0.481 e. The van der Waals surface area contributed by atoms with E-state index in [-0.39, 0.29) is 17.8 Å². The lowest BCUT2D eigenvalue weighted by Crippen LogP contribution is -2.75. The molecule has 0 rings (SSSR count). The zero-order valence-corrected chi connectivity index (χ0v) is 25.6. The molecule has 7 nitrogen and oxygen atoms in total. The fraction of sp³-hybridized carbons (Fsp3) is 0.900. The molecule has 7 heteroatoms. The zero-order chi connectivity index (χ0) is 29.8. The van der Waals surface area contributed by atoms with Crippen LogP contribution in [0, 0.1) is 45.3 Å². The molecule has 0 spiro atoms. The number of carboxylic acid groups (broad SMARTS) is 3. The predicted octanol–water partition coefficient (Wildman–Crippen LogP) is 6.96. The highest BCUT2D eigenvalue weighted by molar-refractivity contribution is 5.95. The highest BCUT2D eigenvalue weighted by Gasteiger charge is 2.77. The van der Waals surface area contributed by atoms with Gasteiger partial charge in [0, 0.05) is 0 Å². The van der Waals surface area contributed by atoms with E-state index in [1.54, 1.807) is 41.5 Å². The molecule has 0 fully saturated rings. The fourth-order valence-electron chi connectivity index (χ4n) is 6.75. The summed E-state index contributed by atoms with van der Waals surface area (Å²) in [6, 6.07) is 0. The first-order chi connectivity index (χ1) is 16.5. The first kappa shape index (κ1) is 35.4. The molecule has 0 saturated carbocycles. The lowest BCUT2D eigenvalue weighted by atomic mass is 9.40. The molecule has 0 heterocycles. The monoisotopic (exact) mass is 528 g/mol. The third-order valence-electron chi connectivity index (χ3n) is 8.75. The van der Waals surface area contributed by atoms with Gasteiger partial charge in [0.05, 0.1) is 0 Å². The molecule has 2 atom stereocenters. The number of aliphatic carboxylic acids is 3. The Labute approximate surface area is 225 Å². The molecule has 0 bridgehead atoms. The van der Waals surface area contributed by atoms with Crippen LogP contribution in [0.4, 0.5) is 0 Å². The van der Waals surface area contributed by atoms with Gasteiger partial charge in [-0.3, -0.25) is 9.59 Å². The number of rotatable bonds is 17. The molecule has 0 saturated heterocycles. The van der Waals surface area contributed by atoms with Crippen molar-refractivity contribution in [1.82, 2.24) is 0 Å². The molecule has 0 aromatic rings. The second-order valence-electron chi connectivity index (χ2n) is 14.5. The maximum Gasteiger partial charge on any atom is 0.337 e. The van der Waals surface area contributed by atoms with Gasteiger partial charge in [0.1, 0.15) is 11.3 Å². The molecule has 0 aromatic carbocycles. The normalized spacial score (nSPS) is 16.2. The minimum Gasteiger partial charge on any atom is -0.481 e. The summed E-state index contributed by atoms with van der Waals surface area (Å²) in [5, 5.41) is 45.0. The zero-order valence-electron chi connectivity index (χ0n) is 25.6. The molecule has 0 radical (unpaired) electrons. The summed E-state index contributed by atoms with van der Waals surface area (Å²) in [7, 11) is 0. The smallest absolute Gasteiger partial charge is 0.337 e. The van der Waals surface area contributed by atoms with Crippen LogP contribution < -0.4 is 0 Å². The Balaban J connectivity index is 7.84. The van der Waals surface area contributed by atoms with Crippen LogP contribution in [0.25, 0.3) is 0 Å². The number of carbonyl (C=O) groups is 3. The van der Waals surface area contributed by atoms with Crippen molar-refractivity contribution in [1.29, 1.82) is 0 Å². The predicted molar refractivity (Wildman–Crippen MR) is 147 cm³/mol. The average Bonchev–Trinajstić information content (AvgIpc) is 2.68. The van der Waals surface area contributed by atoms with Gasteiger partial charge >= 0.3 is 17.9 Å². The van der Waals surface area contributed by atoms with Gasteiger partial charge in [0.25, 0.3) is 0 Å². The van der Waals surface area contributed by atoms with Crippen LogP contribution in [0.1, 0.15) is 122 Å². The Bertz CT molecular complexity index is 768. The molecule has 0 aliphatic carbocycles. The Morgan fingerprint density at radius 1 is 0.595 bits per heavy atom. The van der Waals surface area contributed by atoms with Gasteiger partial charge in [-0.1, -0.05) is 102 Å². The van der Waals surface area contributed by atoms with Gasteiger partial charge < -0.3 is 20.4 Å². The minimum absolute atomic E-state index is 0.209. The minimum atomic E-state index is -3.09. The third-order valence-corrected chi connectivity index (χ3v) is 8.75. The Kier molecular flexibility index (Phi) is 11.9. The van der Waals surface area contributed by atoms with E-state index in [1.807, 2.05) is 41.5 Å². The number of carboxylic acids is 3. The van der Waals surface area contributed by atoms with E-state index < -0.39 is 51.1 Å². The van der Waals surface area contributed by atoms with E-state index in [0.29, 0.717) is 38.5 Å². The summed E-state index contributed by atoms with van der Waals surface area (Å²) < 4.78 is 0. The molecular formula is C30H56O7. The molecule has 0 aliphatic heterocycles. The van der Waals surface area contributed by atoms with Gasteiger partial charge in [-0.25, -0.2) is 4.79 Å². The summed E-state index contributed by atoms with van der Waals surface area (Å²) in [5.74, 6) is -5.98. The molecule has 37 heavy (non-hydrogen) atoms. The summed E-state index contributed by atoms with van der Waals surface area (Å²) in [5.41, 5.74) is -9.14. The third kappa shape index (κ3) is 7.07. The highest BCUT2D eigenvalue weighted by atomic mass is 16.4. The Morgan fingerprint density at radius 3 is 1.16 bits per heavy atom. The highest BCUT2D eigenvalue weighted by Crippen LogP contribution is 2.65. The van der Waals surface area contributed by atoms with Crippen LogP contribution >= 0.6 is 0 Å². The maximum absolute atomic E-state index is 13.7. The van der Waals surface area contributed by atoms with Crippen molar-refractivity contribution in [3.8, 4) is 0 Å². The van der Waals surface area contributed by atoms with Crippen molar-refractivity contribution in [3.05, 3.63) is 0 Å². The fourth-order valence-corrected chi connectivity index (χ4v) is 6.75. The number of aliphatic hydroxyl groups is 1. The van der Waals surface area contributed by atoms with Crippen molar-refractivity contribution >= 4 is 17.9 Å². The van der Waals surface area contributed by atoms with E-state index in [1.165, 1.54) is 0 Å². The van der Waals surface area contributed by atoms with Gasteiger partial charge in [0.15, 0.2) is 5.60 Å². The number of hydrogen-bond donors (Lipinski definition) is 4. The molecule has 0 aromatic heterocycles. The average molecular weight is 529 g/mol. The van der Waals surface area contributed by atoms with Crippen LogP contribution in [0.2, 0.25) is 0 Å². The van der Waals surface area contributed by atoms with E-state index in [9.17, 15) is 34.8 Å². The van der Waals surface area contributed by atoms with Crippen molar-refractivity contribution in [2.45, 2.75) is 127 Å². The van der Waals surface area contributed by atoms with E-state index in [4.69, 9.17) is 0 Å². The van der Waals surface area contributed by atoms with Gasteiger partial charge in [0.2, 0.25) is 0 Å². The summed E-state index contributed by atoms with van der Waals surface area (Å²) in [6.07, 6.45) is 2.78. The molecular weight excluding hydrogens is 472 g/mol. The van der Waals surface area contributed by atoms with E-state index in [2.05, 4.69) is 0 Å². The Morgan fingerprint density at radius 2 is 0.919 bits per heavy atom. The number of hydrogen-bond acceptors (Lipinski definition) is 4. The van der Waals surface area contributed by atoms with Crippen LogP contribution in [-0.2, 0) is 14.4 Å². The van der Waals surface area contributed by atoms with Crippen LogP contribution in [-0.4, -0.2) is 43.9 Å². The SMILES string of the molecule is CC(C)CCC(C)(C)C(C(=O)O)C(O)(C(=O)O)C(C(=O)O)(C(C)(C)CCC(C)C)C(C)(C)CCC(C)C. The lowest BCUT2D eigenvalue weighted by Gasteiger charge is -2.61. The summed E-state index contributed by atoms with van der Waals surface area (Å²) in [4.78, 5) is 39.9. The summed E-state index contributed by atoms with van der Waals surface area (Å²) >= 11 is 0. The first-order valence-electron chi connectivity index (χ1n) is 13.9. The molecule has 0 amide bonds. The van der Waals surface area contributed by atoms with Crippen molar-refractivity contribution in [2.75, 3.05) is 0 Å². The van der Waals surface area contributed by atoms with Crippen molar-refractivity contribution in [3.63, 3.8) is 0 Å². The van der Waals surface area contributed by atoms with Crippen molar-refractivity contribution in [2.24, 2.45) is 45.3 Å². The molecule has 0 aliphatic rings. The molecule has 2 unspecified atom stereocenters. The van der Waals surface area contributed by atoms with E-state index in [0.717, 1.165) is 0 Å². The van der Waals surface area contributed by atoms with Crippen LogP contribution in [0.5, 0.6) is 0 Å². The van der Waals surface area contributed by atoms with E-state index >= 15 is 0 Å². The quantitative estimate of drug-likeness (QED) is 0.160. The topological polar surface area (TPSA) is 132 Å². The standard InChI is InChI=1S/C30H56O7/c1-19(2)13-16-26(7,8)22(23(31)32)29(37,24(33)34)30(25(35)36,27(9,10)17-14-20(3)4)28(11,12)18-15-21(5)6/h19-22,37H,13-18H2,1-12H3,(H,31,32)(H,33,34)(H,35,36). The van der Waals surface area contributed by atoms with Gasteiger partial charge in [-0.15, -0.1) is 0 Å². The van der Waals surface area contributed by atoms with Gasteiger partial charge in [-0.2, -0.15) is 0 Å².